The van der Waals surface area contributed by atoms with Crippen molar-refractivity contribution in [1.82, 2.24) is 9.88 Å². The van der Waals surface area contributed by atoms with E-state index in [1.807, 2.05) is 0 Å². The summed E-state index contributed by atoms with van der Waals surface area (Å²) in [4.78, 5) is 20.8. The van der Waals surface area contributed by atoms with Crippen molar-refractivity contribution in [2.75, 3.05) is 13.1 Å². The highest BCUT2D eigenvalue weighted by molar-refractivity contribution is 5.86. The number of nitrogens with one attached hydrogen (secondary N) is 2. The van der Waals surface area contributed by atoms with Gasteiger partial charge in [-0.15, -0.1) is 0 Å². The van der Waals surface area contributed by atoms with Crippen LogP contribution in [0.1, 0.15) is 75.5 Å². The number of carbonyl (C=O) groups is 1. The van der Waals surface area contributed by atoms with Crippen LogP contribution in [0.25, 0.3) is 10.9 Å². The Hall–Kier alpha value is -1.81. The first kappa shape index (κ1) is 19.2. The van der Waals surface area contributed by atoms with E-state index in [-0.39, 0.29) is 0 Å². The summed E-state index contributed by atoms with van der Waals surface area (Å²) in [6.45, 7) is 2.36. The number of benzene rings is 1. The Bertz CT molecular complexity index is 827. The largest absolute Gasteiger partial charge is 0.358 e. The zero-order valence-corrected chi connectivity index (χ0v) is 17.7. The van der Waals surface area contributed by atoms with Crippen LogP contribution in [0.2, 0.25) is 0 Å². The maximum atomic E-state index is 13.5. The van der Waals surface area contributed by atoms with Crippen molar-refractivity contribution in [3.05, 3.63) is 35.5 Å². The third-order valence-electron chi connectivity index (χ3n) is 7.85. The van der Waals surface area contributed by atoms with Crippen LogP contribution in [0.5, 0.6) is 0 Å². The van der Waals surface area contributed by atoms with Crippen molar-refractivity contribution in [3.8, 4) is 0 Å². The van der Waals surface area contributed by atoms with Crippen LogP contribution in [0, 0.1) is 0 Å². The lowest BCUT2D eigenvalue weighted by atomic mass is 9.88. The summed E-state index contributed by atoms with van der Waals surface area (Å²) in [7, 11) is 0. The van der Waals surface area contributed by atoms with Crippen molar-refractivity contribution in [3.63, 3.8) is 0 Å². The second-order valence-electron chi connectivity index (χ2n) is 9.61. The van der Waals surface area contributed by atoms with Gasteiger partial charge in [-0.3, -0.25) is 4.79 Å². The van der Waals surface area contributed by atoms with Crippen molar-refractivity contribution in [2.45, 2.75) is 89.3 Å². The maximum absolute atomic E-state index is 13.5. The van der Waals surface area contributed by atoms with Crippen LogP contribution < -0.4 is 4.90 Å². The van der Waals surface area contributed by atoms with E-state index in [0.717, 1.165) is 19.5 Å². The molecule has 0 spiro atoms. The molecule has 4 heteroatoms. The van der Waals surface area contributed by atoms with Crippen LogP contribution >= 0.6 is 0 Å². The molecule has 0 atom stereocenters. The van der Waals surface area contributed by atoms with Gasteiger partial charge in [0.05, 0.1) is 12.1 Å². The Morgan fingerprint density at radius 3 is 2.31 bits per heavy atom. The summed E-state index contributed by atoms with van der Waals surface area (Å²) < 4.78 is 0. The predicted molar refractivity (Wildman–Crippen MR) is 117 cm³/mol. The van der Waals surface area contributed by atoms with E-state index in [9.17, 15) is 4.79 Å². The molecule has 0 saturated heterocycles. The van der Waals surface area contributed by atoms with Crippen LogP contribution in [-0.4, -0.2) is 41.0 Å². The van der Waals surface area contributed by atoms with Crippen LogP contribution in [0.3, 0.4) is 0 Å². The monoisotopic (exact) mass is 394 g/mol. The van der Waals surface area contributed by atoms with Gasteiger partial charge in [0.1, 0.15) is 0 Å². The van der Waals surface area contributed by atoms with Gasteiger partial charge in [0, 0.05) is 41.7 Å². The highest BCUT2D eigenvalue weighted by Gasteiger charge is 2.35. The number of amides is 1. The molecule has 0 radical (unpaired) electrons. The van der Waals surface area contributed by atoms with E-state index in [0.29, 0.717) is 24.5 Å². The van der Waals surface area contributed by atoms with Gasteiger partial charge in [0.15, 0.2) is 6.54 Å². The lowest BCUT2D eigenvalue weighted by Gasteiger charge is -2.39. The summed E-state index contributed by atoms with van der Waals surface area (Å²) >= 11 is 0. The van der Waals surface area contributed by atoms with Crippen LogP contribution in [0.4, 0.5) is 0 Å². The Morgan fingerprint density at radius 1 is 0.966 bits per heavy atom. The molecule has 29 heavy (non-hydrogen) atoms. The highest BCUT2D eigenvalue weighted by Crippen LogP contribution is 2.27. The van der Waals surface area contributed by atoms with E-state index < -0.39 is 0 Å². The van der Waals surface area contributed by atoms with Gasteiger partial charge < -0.3 is 14.8 Å². The standard InChI is InChI=1S/C25H35N3O/c29-25(18-28(19-9-3-1-4-10-19)20-11-5-2-6-12-20)27-16-15-24-22(17-27)21-13-7-8-14-23(21)26-24/h7-8,13-14,19-20,26H,1-6,9-12,15-18H2/p+1. The number of fused-ring (bicyclic) bond motifs is 3. The van der Waals surface area contributed by atoms with E-state index in [2.05, 4.69) is 34.1 Å². The summed E-state index contributed by atoms with van der Waals surface area (Å²) in [5.74, 6) is 0.382. The summed E-state index contributed by atoms with van der Waals surface area (Å²) in [6.07, 6.45) is 14.5. The minimum atomic E-state index is 0.382. The van der Waals surface area contributed by atoms with Gasteiger partial charge >= 0.3 is 0 Å². The second kappa shape index (κ2) is 8.51. The van der Waals surface area contributed by atoms with E-state index in [1.54, 1.807) is 4.90 Å². The minimum absolute atomic E-state index is 0.382. The van der Waals surface area contributed by atoms with Crippen molar-refractivity contribution in [2.24, 2.45) is 0 Å². The van der Waals surface area contributed by atoms with Crippen molar-refractivity contribution >= 4 is 16.8 Å². The van der Waals surface area contributed by atoms with Gasteiger partial charge in [-0.25, -0.2) is 0 Å². The average molecular weight is 395 g/mol. The van der Waals surface area contributed by atoms with E-state index >= 15 is 0 Å². The molecule has 1 aromatic heterocycles. The molecule has 3 aliphatic rings. The molecular formula is C25H36N3O+. The lowest BCUT2D eigenvalue weighted by Crippen LogP contribution is -3.20. The quantitative estimate of drug-likeness (QED) is 0.817. The first-order valence-electron chi connectivity index (χ1n) is 12.0. The van der Waals surface area contributed by atoms with Gasteiger partial charge in [0.2, 0.25) is 0 Å². The highest BCUT2D eigenvalue weighted by atomic mass is 16.2. The zero-order valence-electron chi connectivity index (χ0n) is 17.7. The molecule has 2 saturated carbocycles. The number of rotatable bonds is 4. The SMILES string of the molecule is O=C(C[NH+](C1CCCCC1)C1CCCCC1)N1CCc2[nH]c3ccccc3c2C1. The van der Waals surface area contributed by atoms with Gasteiger partial charge in [-0.1, -0.05) is 31.0 Å². The molecule has 0 unspecified atom stereocenters. The molecule has 156 valence electrons. The number of hydrogen-bond acceptors (Lipinski definition) is 1. The molecule has 2 aromatic rings. The third-order valence-corrected chi connectivity index (χ3v) is 7.85. The Balaban J connectivity index is 1.32. The summed E-state index contributed by atoms with van der Waals surface area (Å²) in [5.41, 5.74) is 3.89. The topological polar surface area (TPSA) is 40.5 Å². The fourth-order valence-corrected chi connectivity index (χ4v) is 6.23. The predicted octanol–water partition coefficient (Wildman–Crippen LogP) is 3.60. The number of para-hydroxylation sites is 1. The maximum Gasteiger partial charge on any atom is 0.278 e. The third kappa shape index (κ3) is 3.96. The number of nitrogens with zero attached hydrogens (tertiary/aromatic N) is 1. The number of quaternary nitrogens is 1. The molecule has 2 heterocycles. The van der Waals surface area contributed by atoms with E-state index in [1.165, 1.54) is 86.4 Å². The number of carbonyl (C=O) groups excluding carboxylic acids is 1. The Labute approximate surface area is 174 Å². The first-order chi connectivity index (χ1) is 14.3. The van der Waals surface area contributed by atoms with Crippen LogP contribution in [0.15, 0.2) is 24.3 Å². The second-order valence-corrected chi connectivity index (χ2v) is 9.61. The summed E-state index contributed by atoms with van der Waals surface area (Å²) in [5, 5.41) is 1.30. The average Bonchev–Trinajstić information content (AvgIpc) is 3.16. The smallest absolute Gasteiger partial charge is 0.278 e. The Morgan fingerprint density at radius 2 is 1.62 bits per heavy atom. The lowest BCUT2D eigenvalue weighted by molar-refractivity contribution is -0.945. The number of H-pyrrole nitrogens is 1. The number of aromatic nitrogens is 1. The normalized spacial score (nSPS) is 21.6. The fourth-order valence-electron chi connectivity index (χ4n) is 6.23. The molecule has 1 aromatic carbocycles. The molecular weight excluding hydrogens is 358 g/mol. The molecule has 1 amide bonds. The molecule has 5 rings (SSSR count). The van der Waals surface area contributed by atoms with Crippen molar-refractivity contribution < 1.29 is 9.69 Å². The van der Waals surface area contributed by atoms with Crippen LogP contribution in [-0.2, 0) is 17.8 Å². The fraction of sp³-hybridized carbons (Fsp3) is 0.640. The van der Waals surface area contributed by atoms with Gasteiger partial charge in [-0.2, -0.15) is 0 Å². The molecule has 2 N–H and O–H groups in total. The number of hydrogen-bond donors (Lipinski definition) is 2. The molecule has 4 nitrogen and oxygen atoms in total. The van der Waals surface area contributed by atoms with Gasteiger partial charge in [0.25, 0.3) is 5.91 Å². The number of aromatic amines is 1. The first-order valence-corrected chi connectivity index (χ1v) is 12.0. The molecule has 0 bridgehead atoms. The Kier molecular flexibility index (Phi) is 5.63. The van der Waals surface area contributed by atoms with E-state index in [4.69, 9.17) is 0 Å². The summed E-state index contributed by atoms with van der Waals surface area (Å²) in [6, 6.07) is 9.96. The molecule has 2 aliphatic carbocycles. The molecule has 1 aliphatic heterocycles. The zero-order chi connectivity index (χ0) is 19.6. The van der Waals surface area contributed by atoms with Crippen molar-refractivity contribution in [1.29, 1.82) is 0 Å². The molecule has 2 fully saturated rings. The minimum Gasteiger partial charge on any atom is -0.358 e. The van der Waals surface area contributed by atoms with Gasteiger partial charge in [-0.05, 0) is 57.4 Å².